The van der Waals surface area contributed by atoms with Crippen molar-refractivity contribution in [3.05, 3.63) is 114 Å². The first kappa shape index (κ1) is 21.8. The molecule has 3 heteroatoms. The maximum Gasteiger partial charge on any atom is 0.216 e. The average Bonchev–Trinajstić information content (AvgIpc) is 3.29. The lowest BCUT2D eigenvalue weighted by Gasteiger charge is -2.08. The van der Waals surface area contributed by atoms with Gasteiger partial charge < -0.3 is 4.42 Å². The molecule has 0 atom stereocenters. The second kappa shape index (κ2) is 8.52. The van der Waals surface area contributed by atoms with Crippen LogP contribution in [-0.4, -0.2) is 0 Å². The second-order valence-corrected chi connectivity index (χ2v) is 9.31. The first-order valence-corrected chi connectivity index (χ1v) is 12.1. The van der Waals surface area contributed by atoms with Crippen molar-refractivity contribution in [2.45, 2.75) is 13.8 Å². The van der Waals surface area contributed by atoms with Gasteiger partial charge in [0.1, 0.15) is 18.2 Å². The zero-order chi connectivity index (χ0) is 24.8. The molecule has 0 unspecified atom stereocenters. The van der Waals surface area contributed by atoms with E-state index < -0.39 is 0 Å². The van der Waals surface area contributed by atoms with Crippen LogP contribution in [0, 0.1) is 25.2 Å². The monoisotopic (exact) mass is 465 g/mol. The molecule has 3 nitrogen and oxygen atoms in total. The lowest BCUT2D eigenvalue weighted by molar-refractivity contribution is -0.660. The Kier molecular flexibility index (Phi) is 5.16. The topological polar surface area (TPSA) is 40.8 Å². The number of nitriles is 1. The Labute approximate surface area is 210 Å². The molecule has 0 fully saturated rings. The molecule has 0 N–H and O–H groups in total. The zero-order valence-electron chi connectivity index (χ0n) is 20.5. The van der Waals surface area contributed by atoms with Crippen LogP contribution in [0.1, 0.15) is 16.7 Å². The summed E-state index contributed by atoms with van der Waals surface area (Å²) in [7, 11) is 2.05. The van der Waals surface area contributed by atoms with E-state index in [1.165, 1.54) is 5.56 Å². The second-order valence-electron chi connectivity index (χ2n) is 9.31. The first-order chi connectivity index (χ1) is 17.6. The number of aromatic nitrogens is 1. The summed E-state index contributed by atoms with van der Waals surface area (Å²) >= 11 is 0. The highest BCUT2D eigenvalue weighted by molar-refractivity contribution is 6.15. The quantitative estimate of drug-likeness (QED) is 0.249. The molecule has 6 rings (SSSR count). The number of hydrogen-bond donors (Lipinski definition) is 0. The molecule has 0 aliphatic carbocycles. The summed E-state index contributed by atoms with van der Waals surface area (Å²) in [5.41, 5.74) is 10.8. The minimum absolute atomic E-state index is 0.607. The van der Waals surface area contributed by atoms with Gasteiger partial charge in [-0.1, -0.05) is 60.7 Å². The summed E-state index contributed by atoms with van der Waals surface area (Å²) < 4.78 is 8.85. The summed E-state index contributed by atoms with van der Waals surface area (Å²) in [4.78, 5) is 0. The SMILES string of the molecule is Cc1cc(C)c2c(oc3c(-c4ccc(-c5ccccc5)cc4)c(C#N)ccc32)c1-c1cccc[n+]1C. The third-order valence-corrected chi connectivity index (χ3v) is 7.02. The Hall–Kier alpha value is -4.68. The number of nitrogens with zero attached hydrogens (tertiary/aromatic N) is 2. The van der Waals surface area contributed by atoms with Crippen molar-refractivity contribution < 1.29 is 8.98 Å². The summed E-state index contributed by atoms with van der Waals surface area (Å²) in [6.45, 7) is 4.26. The van der Waals surface area contributed by atoms with Crippen molar-refractivity contribution in [1.82, 2.24) is 0 Å². The van der Waals surface area contributed by atoms with Gasteiger partial charge in [-0.15, -0.1) is 0 Å². The molecular weight excluding hydrogens is 440 g/mol. The minimum atomic E-state index is 0.607. The molecule has 172 valence electrons. The van der Waals surface area contributed by atoms with E-state index in [0.717, 1.165) is 61.0 Å². The summed E-state index contributed by atoms with van der Waals surface area (Å²) in [6, 6.07) is 33.5. The van der Waals surface area contributed by atoms with E-state index in [0.29, 0.717) is 5.56 Å². The molecule has 0 saturated carbocycles. The minimum Gasteiger partial charge on any atom is -0.454 e. The molecule has 0 bridgehead atoms. The molecule has 4 aromatic carbocycles. The van der Waals surface area contributed by atoms with Gasteiger partial charge in [-0.2, -0.15) is 5.26 Å². The lowest BCUT2D eigenvalue weighted by Crippen LogP contribution is -2.30. The van der Waals surface area contributed by atoms with Crippen LogP contribution in [0.15, 0.2) is 102 Å². The molecule has 0 aliphatic rings. The van der Waals surface area contributed by atoms with E-state index in [2.05, 4.69) is 92.3 Å². The largest absolute Gasteiger partial charge is 0.454 e. The molecule has 36 heavy (non-hydrogen) atoms. The van der Waals surface area contributed by atoms with Crippen molar-refractivity contribution in [3.8, 4) is 39.6 Å². The molecule has 0 spiro atoms. The Morgan fingerprint density at radius 1 is 0.694 bits per heavy atom. The predicted molar refractivity (Wildman–Crippen MR) is 145 cm³/mol. The average molecular weight is 466 g/mol. The fourth-order valence-electron chi connectivity index (χ4n) is 5.32. The van der Waals surface area contributed by atoms with Gasteiger partial charge in [-0.25, -0.2) is 4.57 Å². The predicted octanol–water partition coefficient (Wildman–Crippen LogP) is 7.90. The number of fused-ring (bicyclic) bond motifs is 3. The number of benzene rings is 4. The number of pyridine rings is 1. The summed E-state index contributed by atoms with van der Waals surface area (Å²) in [6.07, 6.45) is 2.05. The third-order valence-electron chi connectivity index (χ3n) is 7.02. The molecule has 2 aromatic heterocycles. The smallest absolute Gasteiger partial charge is 0.216 e. The van der Waals surface area contributed by atoms with Crippen molar-refractivity contribution >= 4 is 21.9 Å². The number of aryl methyl sites for hydroxylation is 3. The van der Waals surface area contributed by atoms with Crippen LogP contribution < -0.4 is 4.57 Å². The van der Waals surface area contributed by atoms with Gasteiger partial charge in [0.25, 0.3) is 0 Å². The van der Waals surface area contributed by atoms with Crippen molar-refractivity contribution in [1.29, 1.82) is 5.26 Å². The summed E-state index contributed by atoms with van der Waals surface area (Å²) in [5.74, 6) is 0. The zero-order valence-corrected chi connectivity index (χ0v) is 20.5. The van der Waals surface area contributed by atoms with Crippen LogP contribution in [0.2, 0.25) is 0 Å². The molecule has 2 heterocycles. The van der Waals surface area contributed by atoms with Gasteiger partial charge in [-0.05, 0) is 59.9 Å². The van der Waals surface area contributed by atoms with Gasteiger partial charge >= 0.3 is 0 Å². The Morgan fingerprint density at radius 2 is 1.39 bits per heavy atom. The van der Waals surface area contributed by atoms with Gasteiger partial charge in [0.05, 0.1) is 17.2 Å². The van der Waals surface area contributed by atoms with E-state index >= 15 is 0 Å². The van der Waals surface area contributed by atoms with E-state index in [1.807, 2.05) is 36.4 Å². The maximum atomic E-state index is 10.0. The fourth-order valence-corrected chi connectivity index (χ4v) is 5.32. The van der Waals surface area contributed by atoms with E-state index in [-0.39, 0.29) is 0 Å². The molecule has 0 aliphatic heterocycles. The van der Waals surface area contributed by atoms with Gasteiger partial charge in [0.15, 0.2) is 6.20 Å². The molecule has 0 amide bonds. The molecule has 6 aromatic rings. The van der Waals surface area contributed by atoms with Crippen LogP contribution in [0.25, 0.3) is 55.4 Å². The standard InChI is InChI=1S/C33H25N2O/c1-21-19-22(2)30(28-11-7-8-18-35(28)3)33-29(21)27-17-16-26(20-34)31(32(27)36-33)25-14-12-24(13-15-25)23-9-5-4-6-10-23/h4-19H,1-3H3/q+1. The molecule has 0 saturated heterocycles. The number of hydrogen-bond acceptors (Lipinski definition) is 2. The van der Waals surface area contributed by atoms with Gasteiger partial charge in [0.2, 0.25) is 5.69 Å². The van der Waals surface area contributed by atoms with Crippen LogP contribution in [-0.2, 0) is 7.05 Å². The highest BCUT2D eigenvalue weighted by Crippen LogP contribution is 2.43. The van der Waals surface area contributed by atoms with Crippen LogP contribution in [0.3, 0.4) is 0 Å². The van der Waals surface area contributed by atoms with Gasteiger partial charge in [-0.3, -0.25) is 0 Å². The Balaban J connectivity index is 1.64. The number of furan rings is 1. The third kappa shape index (κ3) is 3.39. The van der Waals surface area contributed by atoms with Crippen LogP contribution >= 0.6 is 0 Å². The van der Waals surface area contributed by atoms with Crippen molar-refractivity contribution in [2.75, 3.05) is 0 Å². The lowest BCUT2D eigenvalue weighted by atomic mass is 9.93. The highest BCUT2D eigenvalue weighted by Gasteiger charge is 2.24. The fraction of sp³-hybridized carbons (Fsp3) is 0.0909. The highest BCUT2D eigenvalue weighted by atomic mass is 16.3. The van der Waals surface area contributed by atoms with E-state index in [1.54, 1.807) is 0 Å². The van der Waals surface area contributed by atoms with E-state index in [4.69, 9.17) is 4.42 Å². The normalized spacial score (nSPS) is 11.2. The van der Waals surface area contributed by atoms with Crippen LogP contribution in [0.4, 0.5) is 0 Å². The van der Waals surface area contributed by atoms with Crippen molar-refractivity contribution in [2.24, 2.45) is 7.05 Å². The summed E-state index contributed by atoms with van der Waals surface area (Å²) in [5, 5.41) is 12.1. The maximum absolute atomic E-state index is 10.0. The molecular formula is C33H25N2O+. The number of rotatable bonds is 3. The van der Waals surface area contributed by atoms with Crippen LogP contribution in [0.5, 0.6) is 0 Å². The Morgan fingerprint density at radius 3 is 2.11 bits per heavy atom. The van der Waals surface area contributed by atoms with E-state index in [9.17, 15) is 5.26 Å². The van der Waals surface area contributed by atoms with Crippen molar-refractivity contribution in [3.63, 3.8) is 0 Å². The first-order valence-electron chi connectivity index (χ1n) is 12.1. The van der Waals surface area contributed by atoms with Gasteiger partial charge in [0, 0.05) is 28.5 Å². The molecule has 0 radical (unpaired) electrons. The Bertz CT molecular complexity index is 1800.